The molecule has 0 saturated carbocycles. The number of hydrogen-bond donors (Lipinski definition) is 1. The number of methoxy groups -OCH3 is 1. The summed E-state index contributed by atoms with van der Waals surface area (Å²) in [5.74, 6) is -0.0364. The standard InChI is InChI=1S/C16H12FN3O2S/c1-22-13-4-2-3-11(9-13)15-19-20-16(23-15)18-14(21)10-5-7-12(17)8-6-10/h2-9H,1H3,(H,18,20,21). The smallest absolute Gasteiger partial charge is 0.257 e. The Bertz CT molecular complexity index is 833. The van der Waals surface area contributed by atoms with Crippen LogP contribution < -0.4 is 10.1 Å². The number of nitrogens with one attached hydrogen (secondary N) is 1. The highest BCUT2D eigenvalue weighted by molar-refractivity contribution is 7.18. The van der Waals surface area contributed by atoms with E-state index in [1.807, 2.05) is 24.3 Å². The Morgan fingerprint density at radius 2 is 1.96 bits per heavy atom. The molecule has 7 heteroatoms. The van der Waals surface area contributed by atoms with Crippen LogP contribution in [0.1, 0.15) is 10.4 Å². The van der Waals surface area contributed by atoms with Crippen molar-refractivity contribution >= 4 is 22.4 Å². The van der Waals surface area contributed by atoms with Crippen LogP contribution in [0, 0.1) is 5.82 Å². The lowest BCUT2D eigenvalue weighted by atomic mass is 10.2. The molecular formula is C16H12FN3O2S. The van der Waals surface area contributed by atoms with Crippen LogP contribution in [0.2, 0.25) is 0 Å². The summed E-state index contributed by atoms with van der Waals surface area (Å²) in [7, 11) is 1.59. The van der Waals surface area contributed by atoms with E-state index in [0.29, 0.717) is 15.7 Å². The highest BCUT2D eigenvalue weighted by Crippen LogP contribution is 2.28. The van der Waals surface area contributed by atoms with Gasteiger partial charge in [0.15, 0.2) is 0 Å². The second-order valence-electron chi connectivity index (χ2n) is 4.61. The van der Waals surface area contributed by atoms with Crippen LogP contribution in [-0.4, -0.2) is 23.2 Å². The number of ether oxygens (including phenoxy) is 1. The van der Waals surface area contributed by atoms with Gasteiger partial charge in [-0.25, -0.2) is 4.39 Å². The van der Waals surface area contributed by atoms with E-state index in [2.05, 4.69) is 15.5 Å². The Morgan fingerprint density at radius 1 is 1.17 bits per heavy atom. The first kappa shape index (κ1) is 15.1. The maximum atomic E-state index is 12.9. The summed E-state index contributed by atoms with van der Waals surface area (Å²) in [6.07, 6.45) is 0. The molecule has 3 aromatic rings. The van der Waals surface area contributed by atoms with E-state index in [1.54, 1.807) is 7.11 Å². The minimum absolute atomic E-state index is 0.351. The molecule has 5 nitrogen and oxygen atoms in total. The lowest BCUT2D eigenvalue weighted by Crippen LogP contribution is -2.11. The molecule has 0 fully saturated rings. The topological polar surface area (TPSA) is 64.1 Å². The molecule has 1 N–H and O–H groups in total. The fourth-order valence-corrected chi connectivity index (χ4v) is 2.65. The third kappa shape index (κ3) is 3.51. The summed E-state index contributed by atoms with van der Waals surface area (Å²) in [6, 6.07) is 12.7. The Morgan fingerprint density at radius 3 is 2.70 bits per heavy atom. The SMILES string of the molecule is COc1cccc(-c2nnc(NC(=O)c3ccc(F)cc3)s2)c1. The maximum Gasteiger partial charge on any atom is 0.257 e. The first-order valence-electron chi connectivity index (χ1n) is 6.70. The fourth-order valence-electron chi connectivity index (χ4n) is 1.92. The van der Waals surface area contributed by atoms with Crippen molar-refractivity contribution in [2.75, 3.05) is 12.4 Å². The molecule has 116 valence electrons. The lowest BCUT2D eigenvalue weighted by Gasteiger charge is -2.01. The molecule has 0 aliphatic carbocycles. The summed E-state index contributed by atoms with van der Waals surface area (Å²) in [6.45, 7) is 0. The first-order valence-corrected chi connectivity index (χ1v) is 7.52. The van der Waals surface area contributed by atoms with E-state index in [4.69, 9.17) is 4.74 Å². The molecule has 0 radical (unpaired) electrons. The van der Waals surface area contributed by atoms with Crippen molar-refractivity contribution in [3.63, 3.8) is 0 Å². The van der Waals surface area contributed by atoms with Gasteiger partial charge in [0, 0.05) is 11.1 Å². The van der Waals surface area contributed by atoms with Gasteiger partial charge >= 0.3 is 0 Å². The number of hydrogen-bond acceptors (Lipinski definition) is 5. The van der Waals surface area contributed by atoms with Crippen molar-refractivity contribution in [2.24, 2.45) is 0 Å². The highest BCUT2D eigenvalue weighted by atomic mass is 32.1. The Kier molecular flexibility index (Phi) is 4.29. The van der Waals surface area contributed by atoms with Gasteiger partial charge in [-0.3, -0.25) is 10.1 Å². The van der Waals surface area contributed by atoms with E-state index >= 15 is 0 Å². The van der Waals surface area contributed by atoms with E-state index in [-0.39, 0.29) is 5.91 Å². The second kappa shape index (κ2) is 6.53. The van der Waals surface area contributed by atoms with Crippen LogP contribution in [0.25, 0.3) is 10.6 Å². The zero-order valence-corrected chi connectivity index (χ0v) is 12.9. The number of anilines is 1. The average Bonchev–Trinajstić information content (AvgIpc) is 3.04. The molecule has 1 aromatic heterocycles. The lowest BCUT2D eigenvalue weighted by molar-refractivity contribution is 0.102. The third-order valence-electron chi connectivity index (χ3n) is 3.07. The van der Waals surface area contributed by atoms with Gasteiger partial charge in [0.25, 0.3) is 5.91 Å². The maximum absolute atomic E-state index is 12.9. The number of benzene rings is 2. The monoisotopic (exact) mass is 329 g/mol. The highest BCUT2D eigenvalue weighted by Gasteiger charge is 2.11. The minimum atomic E-state index is -0.391. The van der Waals surface area contributed by atoms with Gasteiger partial charge in [0.1, 0.15) is 16.6 Å². The van der Waals surface area contributed by atoms with Crippen molar-refractivity contribution in [1.29, 1.82) is 0 Å². The van der Waals surface area contributed by atoms with Gasteiger partial charge in [-0.05, 0) is 36.4 Å². The molecule has 3 rings (SSSR count). The summed E-state index contributed by atoms with van der Waals surface area (Å²) < 4.78 is 18.0. The number of amides is 1. The van der Waals surface area contributed by atoms with Gasteiger partial charge in [0.2, 0.25) is 5.13 Å². The second-order valence-corrected chi connectivity index (χ2v) is 5.58. The zero-order valence-electron chi connectivity index (χ0n) is 12.1. The molecule has 0 saturated heterocycles. The number of nitrogens with zero attached hydrogens (tertiary/aromatic N) is 2. The molecule has 0 aliphatic heterocycles. The van der Waals surface area contributed by atoms with E-state index in [0.717, 1.165) is 11.3 Å². The first-order chi connectivity index (χ1) is 11.2. The Balaban J connectivity index is 1.76. The fraction of sp³-hybridized carbons (Fsp3) is 0.0625. The van der Waals surface area contributed by atoms with Crippen LogP contribution in [0.3, 0.4) is 0 Å². The Labute approximate surface area is 135 Å². The van der Waals surface area contributed by atoms with Crippen LogP contribution in [0.15, 0.2) is 48.5 Å². The summed E-state index contributed by atoms with van der Waals surface area (Å²) in [5.41, 5.74) is 1.20. The van der Waals surface area contributed by atoms with Crippen molar-refractivity contribution in [1.82, 2.24) is 10.2 Å². The van der Waals surface area contributed by atoms with Crippen LogP contribution in [0.5, 0.6) is 5.75 Å². The molecule has 2 aromatic carbocycles. The summed E-state index contributed by atoms with van der Waals surface area (Å²) in [4.78, 5) is 12.1. The number of aromatic nitrogens is 2. The average molecular weight is 329 g/mol. The third-order valence-corrected chi connectivity index (χ3v) is 3.96. The molecular weight excluding hydrogens is 317 g/mol. The van der Waals surface area contributed by atoms with Crippen LogP contribution >= 0.6 is 11.3 Å². The number of halogens is 1. The van der Waals surface area contributed by atoms with Gasteiger partial charge in [-0.2, -0.15) is 0 Å². The molecule has 0 aliphatic rings. The van der Waals surface area contributed by atoms with Crippen molar-refractivity contribution in [3.05, 3.63) is 59.9 Å². The van der Waals surface area contributed by atoms with Gasteiger partial charge in [0.05, 0.1) is 7.11 Å². The normalized spacial score (nSPS) is 10.3. The minimum Gasteiger partial charge on any atom is -0.497 e. The molecule has 0 unspecified atom stereocenters. The predicted molar refractivity (Wildman–Crippen MR) is 86.3 cm³/mol. The van der Waals surface area contributed by atoms with Crippen LogP contribution in [0.4, 0.5) is 9.52 Å². The molecule has 23 heavy (non-hydrogen) atoms. The summed E-state index contributed by atoms with van der Waals surface area (Å²) in [5, 5.41) is 11.7. The van der Waals surface area contributed by atoms with Crippen molar-refractivity contribution in [3.8, 4) is 16.3 Å². The number of carbonyl (C=O) groups is 1. The molecule has 0 bridgehead atoms. The molecule has 1 amide bonds. The van der Waals surface area contributed by atoms with Crippen molar-refractivity contribution < 1.29 is 13.9 Å². The predicted octanol–water partition coefficient (Wildman–Crippen LogP) is 3.61. The van der Waals surface area contributed by atoms with E-state index in [9.17, 15) is 9.18 Å². The van der Waals surface area contributed by atoms with Gasteiger partial charge in [-0.1, -0.05) is 23.5 Å². The summed E-state index contributed by atoms with van der Waals surface area (Å²) >= 11 is 1.25. The van der Waals surface area contributed by atoms with Gasteiger partial charge in [-0.15, -0.1) is 10.2 Å². The molecule has 1 heterocycles. The van der Waals surface area contributed by atoms with Crippen LogP contribution in [-0.2, 0) is 0 Å². The number of rotatable bonds is 4. The zero-order chi connectivity index (χ0) is 16.2. The number of carbonyl (C=O) groups excluding carboxylic acids is 1. The van der Waals surface area contributed by atoms with Crippen molar-refractivity contribution in [2.45, 2.75) is 0 Å². The quantitative estimate of drug-likeness (QED) is 0.794. The largest absolute Gasteiger partial charge is 0.497 e. The molecule has 0 atom stereocenters. The van der Waals surface area contributed by atoms with E-state index in [1.165, 1.54) is 35.6 Å². The molecule has 0 spiro atoms. The van der Waals surface area contributed by atoms with E-state index < -0.39 is 5.82 Å². The Hall–Kier alpha value is -2.80. The van der Waals surface area contributed by atoms with Gasteiger partial charge < -0.3 is 4.74 Å².